The number of fused-ring (bicyclic) bond motifs is 6. The summed E-state index contributed by atoms with van der Waals surface area (Å²) in [6, 6.07) is 88.0. The number of benzene rings is 12. The van der Waals surface area contributed by atoms with Gasteiger partial charge in [0.2, 0.25) is 0 Å². The second kappa shape index (κ2) is 16.9. The summed E-state index contributed by atoms with van der Waals surface area (Å²) in [6.45, 7) is 0. The molecule has 0 aliphatic carbocycles. The first-order valence-corrected chi connectivity index (χ1v) is 23.8. The van der Waals surface area contributed by atoms with Gasteiger partial charge in [0.1, 0.15) is 0 Å². The van der Waals surface area contributed by atoms with E-state index in [0.717, 1.165) is 0 Å². The molecule has 12 aromatic carbocycles. The Hall–Kier alpha value is -6.46. The SMILES string of the molecule is [SnH2][c]1c(-c2ccccc2)c(-c2ccccc2)c(-c2ccccc2)c2c(-c3ccccc3)c3c(-c4ccccc4)c(-c4ccccc4)c4cc5cc6ccccc6cc5cc4c3cc12.[SnH3]. The summed E-state index contributed by atoms with van der Waals surface area (Å²) in [5.74, 6) is 0. The van der Waals surface area contributed by atoms with E-state index < -0.39 is 0 Å². The van der Waals surface area contributed by atoms with Crippen LogP contribution < -0.4 is 3.58 Å². The van der Waals surface area contributed by atoms with Gasteiger partial charge < -0.3 is 0 Å². The fraction of sp³-hybridized carbons (Fsp3) is 0. The van der Waals surface area contributed by atoms with Crippen LogP contribution in [-0.4, -0.2) is 46.4 Å². The third-order valence-electron chi connectivity index (χ3n) is 13.0. The van der Waals surface area contributed by atoms with Crippen LogP contribution in [0.1, 0.15) is 0 Å². The molecule has 0 saturated carbocycles. The van der Waals surface area contributed by atoms with Crippen molar-refractivity contribution < 1.29 is 0 Å². The van der Waals surface area contributed by atoms with Gasteiger partial charge in [-0.15, -0.1) is 0 Å². The fourth-order valence-corrected chi connectivity index (χ4v) is 12.2. The van der Waals surface area contributed by atoms with Crippen LogP contribution in [0.3, 0.4) is 0 Å². The molecule has 64 heavy (non-hydrogen) atoms. The van der Waals surface area contributed by atoms with Gasteiger partial charge in [0.05, 0.1) is 0 Å². The van der Waals surface area contributed by atoms with Gasteiger partial charge in [-0.1, -0.05) is 0 Å². The van der Waals surface area contributed by atoms with Gasteiger partial charge in [0.15, 0.2) is 0 Å². The quantitative estimate of drug-likeness (QED) is 0.0885. The molecule has 0 nitrogen and oxygen atoms in total. The summed E-state index contributed by atoms with van der Waals surface area (Å²) >= 11 is 0.488. The second-order valence-electron chi connectivity index (χ2n) is 16.6. The monoisotopic (exact) mass is 1030 g/mol. The molecule has 2 radical (unpaired) electrons. The van der Waals surface area contributed by atoms with Crippen LogP contribution in [0.4, 0.5) is 0 Å². The first-order chi connectivity index (χ1) is 31.2. The van der Waals surface area contributed by atoms with Crippen LogP contribution in [0.5, 0.6) is 0 Å². The zero-order valence-corrected chi connectivity index (χ0v) is 45.5. The Kier molecular flexibility index (Phi) is 10.7. The summed E-state index contributed by atoms with van der Waals surface area (Å²) < 4.78 is 1.44. The molecular formula is C62H44Sn2. The van der Waals surface area contributed by atoms with E-state index in [0.29, 0.717) is 22.5 Å². The molecule has 0 aliphatic heterocycles. The fourth-order valence-electron chi connectivity index (χ4n) is 10.3. The average molecular weight is 1030 g/mol. The van der Waals surface area contributed by atoms with Crippen LogP contribution in [0.15, 0.2) is 237 Å². The maximum absolute atomic E-state index is 2.59. The molecule has 2 heteroatoms. The molecule has 0 aliphatic rings. The van der Waals surface area contributed by atoms with Crippen LogP contribution in [0, 0.1) is 0 Å². The Labute approximate surface area is 403 Å². The minimum absolute atomic E-state index is 0. The maximum atomic E-state index is 2.59. The Balaban J connectivity index is 0.00000456. The summed E-state index contributed by atoms with van der Waals surface area (Å²) in [5.41, 5.74) is 15.0. The Morgan fingerprint density at radius 2 is 0.547 bits per heavy atom. The molecular weight excluding hydrogens is 982 g/mol. The van der Waals surface area contributed by atoms with Crippen molar-refractivity contribution in [1.82, 2.24) is 0 Å². The molecule has 0 spiro atoms. The predicted molar refractivity (Wildman–Crippen MR) is 285 cm³/mol. The van der Waals surface area contributed by atoms with Crippen LogP contribution in [-0.2, 0) is 0 Å². The van der Waals surface area contributed by atoms with Crippen molar-refractivity contribution in [3.05, 3.63) is 237 Å². The summed E-state index contributed by atoms with van der Waals surface area (Å²) in [7, 11) is 0. The van der Waals surface area contributed by atoms with Gasteiger partial charge in [0.25, 0.3) is 0 Å². The average Bonchev–Trinajstić information content (AvgIpc) is 3.35. The van der Waals surface area contributed by atoms with Crippen molar-refractivity contribution in [2.45, 2.75) is 0 Å². The van der Waals surface area contributed by atoms with Crippen molar-refractivity contribution in [1.29, 1.82) is 0 Å². The molecule has 0 saturated heterocycles. The van der Waals surface area contributed by atoms with Crippen molar-refractivity contribution in [3.63, 3.8) is 0 Å². The van der Waals surface area contributed by atoms with Crippen LogP contribution >= 0.6 is 0 Å². The molecule has 0 atom stereocenters. The Bertz CT molecular complexity index is 3680. The zero-order valence-electron chi connectivity index (χ0n) is 35.7. The van der Waals surface area contributed by atoms with Crippen LogP contribution in [0.25, 0.3) is 121 Å². The van der Waals surface area contributed by atoms with E-state index in [1.165, 1.54) is 124 Å². The van der Waals surface area contributed by atoms with Gasteiger partial charge >= 0.3 is 407 Å². The van der Waals surface area contributed by atoms with Gasteiger partial charge in [-0.25, -0.2) is 0 Å². The molecule has 0 amide bonds. The van der Waals surface area contributed by atoms with Gasteiger partial charge in [-0.05, 0) is 0 Å². The molecule has 0 fully saturated rings. The first-order valence-electron chi connectivity index (χ1n) is 21.8. The van der Waals surface area contributed by atoms with Gasteiger partial charge in [0, 0.05) is 0 Å². The molecule has 0 heterocycles. The zero-order chi connectivity index (χ0) is 41.9. The standard InChI is InChI=1S/C62H39.2Sn.5H/c1-7-21-41(22-8-1)52-39-51-40-55-53-37-49-35-47-33-19-20-34-48(47)36-50(49)38-54(53)57(43-25-11-3-12-26-43)59(45-29-15-5-16-30-45)62(55)60(46-31-17-6-18-32-46)61(51)58(44-27-13-4-14-28-44)56(52)42-23-9-2-10-24-42;;;;;;;/h1-38,40H;;;;;;;. The normalized spacial score (nSPS) is 11.4. The van der Waals surface area contributed by atoms with Crippen LogP contribution in [0.2, 0.25) is 0 Å². The van der Waals surface area contributed by atoms with Gasteiger partial charge in [-0.3, -0.25) is 0 Å². The van der Waals surface area contributed by atoms with E-state index in [-0.39, 0.29) is 23.9 Å². The summed E-state index contributed by atoms with van der Waals surface area (Å²) in [6.07, 6.45) is 0. The van der Waals surface area contributed by atoms with Crippen molar-refractivity contribution in [3.8, 4) is 66.8 Å². The van der Waals surface area contributed by atoms with E-state index in [4.69, 9.17) is 0 Å². The molecule has 300 valence electrons. The molecule has 0 aromatic heterocycles. The Morgan fingerprint density at radius 1 is 0.219 bits per heavy atom. The van der Waals surface area contributed by atoms with E-state index in [2.05, 4.69) is 237 Å². The minimum atomic E-state index is 0. The predicted octanol–water partition coefficient (Wildman–Crippen LogP) is 14.5. The first kappa shape index (κ1) is 40.3. The molecule has 12 aromatic rings. The summed E-state index contributed by atoms with van der Waals surface area (Å²) in [5, 5.41) is 12.7. The third kappa shape index (κ3) is 6.74. The number of hydrogen-bond donors (Lipinski definition) is 0. The topological polar surface area (TPSA) is 0 Å². The number of rotatable bonds is 6. The van der Waals surface area contributed by atoms with Crippen molar-refractivity contribution >= 4 is 104 Å². The summed E-state index contributed by atoms with van der Waals surface area (Å²) in [4.78, 5) is 0. The van der Waals surface area contributed by atoms with Crippen molar-refractivity contribution in [2.75, 3.05) is 0 Å². The second-order valence-corrected chi connectivity index (χ2v) is 18.6. The molecule has 0 bridgehead atoms. The Morgan fingerprint density at radius 3 is 1.00 bits per heavy atom. The van der Waals surface area contributed by atoms with Crippen molar-refractivity contribution in [2.24, 2.45) is 0 Å². The van der Waals surface area contributed by atoms with E-state index in [9.17, 15) is 0 Å². The van der Waals surface area contributed by atoms with E-state index >= 15 is 0 Å². The van der Waals surface area contributed by atoms with Gasteiger partial charge in [-0.2, -0.15) is 0 Å². The van der Waals surface area contributed by atoms with E-state index in [1.54, 1.807) is 0 Å². The number of hydrogen-bond acceptors (Lipinski definition) is 0. The molecule has 12 rings (SSSR count). The van der Waals surface area contributed by atoms with E-state index in [1.807, 2.05) is 0 Å². The molecule has 0 unspecified atom stereocenters. The molecule has 0 N–H and O–H groups in total. The third-order valence-corrected chi connectivity index (χ3v) is 15.1.